The van der Waals surface area contributed by atoms with Crippen LogP contribution in [0.4, 0.5) is 5.69 Å². The predicted octanol–water partition coefficient (Wildman–Crippen LogP) is 2.84. The van der Waals surface area contributed by atoms with E-state index >= 15 is 0 Å². The number of rotatable bonds is 5. The number of carbonyl (C=O) groups is 1. The Bertz CT molecular complexity index is 522. The molecule has 1 heterocycles. The third-order valence-corrected chi connectivity index (χ3v) is 5.12. The van der Waals surface area contributed by atoms with Gasteiger partial charge >= 0.3 is 0 Å². The molecule has 23 heavy (non-hydrogen) atoms. The average Bonchev–Trinajstić information content (AvgIpc) is 2.56. The summed E-state index contributed by atoms with van der Waals surface area (Å²) < 4.78 is 0. The molecule has 1 aromatic carbocycles. The van der Waals surface area contributed by atoms with Crippen molar-refractivity contribution in [2.45, 2.75) is 59.1 Å². The maximum atomic E-state index is 12.7. The van der Waals surface area contributed by atoms with Gasteiger partial charge in [0.05, 0.1) is 12.1 Å². The van der Waals surface area contributed by atoms with Gasteiger partial charge in [0.1, 0.15) is 0 Å². The van der Waals surface area contributed by atoms with Gasteiger partial charge in [-0.3, -0.25) is 9.69 Å². The minimum absolute atomic E-state index is 0.0161. The van der Waals surface area contributed by atoms with Gasteiger partial charge in [-0.2, -0.15) is 0 Å². The van der Waals surface area contributed by atoms with Crippen LogP contribution in [0, 0.1) is 5.92 Å². The van der Waals surface area contributed by atoms with Crippen LogP contribution in [0.25, 0.3) is 0 Å². The normalized spacial score (nSPS) is 23.5. The van der Waals surface area contributed by atoms with Crippen molar-refractivity contribution in [1.82, 2.24) is 4.90 Å². The van der Waals surface area contributed by atoms with Gasteiger partial charge in [0.25, 0.3) is 0 Å². The second kappa shape index (κ2) is 7.93. The van der Waals surface area contributed by atoms with E-state index < -0.39 is 0 Å². The van der Waals surface area contributed by atoms with Crippen LogP contribution >= 0.6 is 0 Å². The lowest BCUT2D eigenvalue weighted by Crippen LogP contribution is -2.50. The number of hydrogen-bond acceptors (Lipinski definition) is 3. The Labute approximate surface area is 139 Å². The summed E-state index contributed by atoms with van der Waals surface area (Å²) >= 11 is 0. The number of aliphatic hydroxyl groups is 1. The summed E-state index contributed by atoms with van der Waals surface area (Å²) in [4.78, 5) is 14.8. The molecular weight excluding hydrogens is 288 g/mol. The summed E-state index contributed by atoms with van der Waals surface area (Å²) in [6, 6.07) is 5.98. The van der Waals surface area contributed by atoms with Crippen LogP contribution in [0.1, 0.15) is 45.2 Å². The predicted molar refractivity (Wildman–Crippen MR) is 94.7 cm³/mol. The smallest absolute Gasteiger partial charge is 0.241 e. The summed E-state index contributed by atoms with van der Waals surface area (Å²) in [5.41, 5.74) is 3.33. The molecule has 1 amide bonds. The Morgan fingerprint density at radius 3 is 2.48 bits per heavy atom. The number of benzene rings is 1. The Morgan fingerprint density at radius 1 is 1.35 bits per heavy atom. The largest absolute Gasteiger partial charge is 0.392 e. The number of nitrogens with zero attached hydrogens (tertiary/aromatic N) is 1. The molecule has 2 N–H and O–H groups in total. The molecule has 0 spiro atoms. The fourth-order valence-corrected chi connectivity index (χ4v) is 3.22. The number of aryl methyl sites for hydroxylation is 2. The van der Waals surface area contributed by atoms with Crippen LogP contribution in [-0.4, -0.2) is 41.1 Å². The number of piperidine rings is 1. The molecule has 0 aromatic heterocycles. The van der Waals surface area contributed by atoms with E-state index in [-0.39, 0.29) is 18.1 Å². The van der Waals surface area contributed by atoms with E-state index in [0.29, 0.717) is 12.5 Å². The first-order chi connectivity index (χ1) is 11.0. The molecule has 3 atom stereocenters. The monoisotopic (exact) mass is 318 g/mol. The van der Waals surface area contributed by atoms with Crippen LogP contribution in [0.15, 0.2) is 18.2 Å². The summed E-state index contributed by atoms with van der Waals surface area (Å²) in [7, 11) is 0. The number of para-hydroxylation sites is 1. The first-order valence-corrected chi connectivity index (χ1v) is 8.81. The van der Waals surface area contributed by atoms with E-state index in [1.165, 1.54) is 11.1 Å². The van der Waals surface area contributed by atoms with Gasteiger partial charge in [0.15, 0.2) is 0 Å². The second-order valence-corrected chi connectivity index (χ2v) is 6.65. The Balaban J connectivity index is 2.10. The molecule has 4 nitrogen and oxygen atoms in total. The molecule has 0 bridgehead atoms. The maximum Gasteiger partial charge on any atom is 0.241 e. The number of aliphatic hydroxyl groups excluding tert-OH is 1. The number of likely N-dealkylation sites (tertiary alicyclic amines) is 1. The van der Waals surface area contributed by atoms with Crippen LogP contribution in [-0.2, 0) is 17.6 Å². The molecule has 0 saturated carbocycles. The molecule has 1 aliphatic rings. The van der Waals surface area contributed by atoms with E-state index in [0.717, 1.165) is 31.5 Å². The molecule has 0 aliphatic carbocycles. The minimum atomic E-state index is -0.340. The van der Waals surface area contributed by atoms with Crippen molar-refractivity contribution in [3.8, 4) is 0 Å². The molecule has 1 saturated heterocycles. The quantitative estimate of drug-likeness (QED) is 0.878. The van der Waals surface area contributed by atoms with E-state index in [2.05, 4.69) is 49.2 Å². The van der Waals surface area contributed by atoms with Gasteiger partial charge in [-0.1, -0.05) is 39.0 Å². The number of amides is 1. The van der Waals surface area contributed by atoms with Crippen LogP contribution in [0.2, 0.25) is 0 Å². The molecule has 3 unspecified atom stereocenters. The summed E-state index contributed by atoms with van der Waals surface area (Å²) in [5.74, 6) is 0.330. The third kappa shape index (κ3) is 4.12. The number of nitrogens with one attached hydrogen (secondary N) is 1. The van der Waals surface area contributed by atoms with Gasteiger partial charge in [0.2, 0.25) is 5.91 Å². The highest BCUT2D eigenvalue weighted by atomic mass is 16.3. The highest BCUT2D eigenvalue weighted by Crippen LogP contribution is 2.24. The molecule has 1 fully saturated rings. The van der Waals surface area contributed by atoms with E-state index in [1.807, 2.05) is 6.92 Å². The Morgan fingerprint density at radius 2 is 1.96 bits per heavy atom. The highest BCUT2D eigenvalue weighted by molar-refractivity contribution is 5.96. The lowest BCUT2D eigenvalue weighted by molar-refractivity contribution is -0.122. The lowest BCUT2D eigenvalue weighted by atomic mass is 9.95. The van der Waals surface area contributed by atoms with Crippen molar-refractivity contribution in [2.24, 2.45) is 5.92 Å². The van der Waals surface area contributed by atoms with E-state index in [1.54, 1.807) is 0 Å². The topological polar surface area (TPSA) is 52.6 Å². The van der Waals surface area contributed by atoms with Crippen LogP contribution in [0.3, 0.4) is 0 Å². The molecule has 128 valence electrons. The SMILES string of the molecule is CCc1cccc(CC)c1NC(=O)C(C)N1CCC(C)C(O)C1. The first kappa shape index (κ1) is 18.0. The molecule has 4 heteroatoms. The number of β-amino-alcohol motifs (C(OH)–C–C–N with tert-alkyl or cyclic N) is 1. The summed E-state index contributed by atoms with van der Waals surface area (Å²) in [5, 5.41) is 13.2. The van der Waals surface area contributed by atoms with Crippen LogP contribution < -0.4 is 5.32 Å². The zero-order valence-electron chi connectivity index (χ0n) is 14.8. The number of anilines is 1. The van der Waals surface area contributed by atoms with Gasteiger partial charge in [-0.25, -0.2) is 0 Å². The molecular formula is C19H30N2O2. The van der Waals surface area contributed by atoms with Gasteiger partial charge in [-0.05, 0) is 49.8 Å². The second-order valence-electron chi connectivity index (χ2n) is 6.65. The third-order valence-electron chi connectivity index (χ3n) is 5.12. The summed E-state index contributed by atoms with van der Waals surface area (Å²) in [6.07, 6.45) is 2.40. The lowest BCUT2D eigenvalue weighted by Gasteiger charge is -2.37. The van der Waals surface area contributed by atoms with E-state index in [9.17, 15) is 9.90 Å². The zero-order valence-corrected chi connectivity index (χ0v) is 14.8. The zero-order chi connectivity index (χ0) is 17.0. The maximum absolute atomic E-state index is 12.7. The highest BCUT2D eigenvalue weighted by Gasteiger charge is 2.30. The van der Waals surface area contributed by atoms with Gasteiger partial charge < -0.3 is 10.4 Å². The van der Waals surface area contributed by atoms with Crippen molar-refractivity contribution in [3.63, 3.8) is 0 Å². The van der Waals surface area contributed by atoms with Crippen molar-refractivity contribution in [3.05, 3.63) is 29.3 Å². The molecule has 1 aliphatic heterocycles. The first-order valence-electron chi connectivity index (χ1n) is 8.81. The summed E-state index contributed by atoms with van der Waals surface area (Å²) in [6.45, 7) is 9.65. The number of hydrogen-bond donors (Lipinski definition) is 2. The van der Waals surface area contributed by atoms with Crippen molar-refractivity contribution in [2.75, 3.05) is 18.4 Å². The fraction of sp³-hybridized carbons (Fsp3) is 0.632. The van der Waals surface area contributed by atoms with Crippen molar-refractivity contribution < 1.29 is 9.90 Å². The van der Waals surface area contributed by atoms with E-state index in [4.69, 9.17) is 0 Å². The van der Waals surface area contributed by atoms with Crippen molar-refractivity contribution in [1.29, 1.82) is 0 Å². The standard InChI is InChI=1S/C19H30N2O2/c1-5-15-8-7-9-16(6-2)18(15)20-19(23)14(4)21-11-10-13(3)17(22)12-21/h7-9,13-14,17,22H,5-6,10-12H2,1-4H3,(H,20,23). The van der Waals surface area contributed by atoms with Crippen LogP contribution in [0.5, 0.6) is 0 Å². The van der Waals surface area contributed by atoms with Crippen molar-refractivity contribution >= 4 is 11.6 Å². The average molecular weight is 318 g/mol. The Kier molecular flexibility index (Phi) is 6.19. The molecule has 0 radical (unpaired) electrons. The number of carbonyl (C=O) groups excluding carboxylic acids is 1. The molecule has 2 rings (SSSR count). The Hall–Kier alpha value is -1.39. The molecule has 1 aromatic rings. The van der Waals surface area contributed by atoms with Gasteiger partial charge in [0, 0.05) is 12.2 Å². The fourth-order valence-electron chi connectivity index (χ4n) is 3.22. The van der Waals surface area contributed by atoms with Gasteiger partial charge in [-0.15, -0.1) is 0 Å². The minimum Gasteiger partial charge on any atom is -0.392 e.